The molecule has 2 aromatic rings. The van der Waals surface area contributed by atoms with Gasteiger partial charge in [0, 0.05) is 28.6 Å². The van der Waals surface area contributed by atoms with Crippen LogP contribution in [0.1, 0.15) is 18.4 Å². The second-order valence-electron chi connectivity index (χ2n) is 7.02. The number of likely N-dealkylation sites (tertiary alicyclic amines) is 1. The van der Waals surface area contributed by atoms with Gasteiger partial charge >= 0.3 is 0 Å². The van der Waals surface area contributed by atoms with Crippen molar-refractivity contribution in [3.63, 3.8) is 0 Å². The third kappa shape index (κ3) is 3.84. The molecule has 9 heteroatoms. The van der Waals surface area contributed by atoms with E-state index in [9.17, 15) is 10.1 Å². The lowest BCUT2D eigenvalue weighted by Crippen LogP contribution is -2.46. The van der Waals surface area contributed by atoms with Crippen LogP contribution < -0.4 is 4.90 Å². The zero-order chi connectivity index (χ0) is 21.3. The molecular formula is C21H18Cl2N6O. The van der Waals surface area contributed by atoms with Crippen LogP contribution in [-0.2, 0) is 4.79 Å². The molecule has 2 aromatic carbocycles. The van der Waals surface area contributed by atoms with Gasteiger partial charge in [0.25, 0.3) is 0 Å². The highest BCUT2D eigenvalue weighted by Gasteiger charge is 2.39. The number of carbonyl (C=O) groups is 1. The van der Waals surface area contributed by atoms with Crippen molar-refractivity contribution < 1.29 is 4.79 Å². The number of carbonyl (C=O) groups excluding carboxylic acids is 1. The molecule has 152 valence electrons. The highest BCUT2D eigenvalue weighted by atomic mass is 35.5. The van der Waals surface area contributed by atoms with E-state index in [1.165, 1.54) is 9.91 Å². The molecule has 1 atom stereocenters. The smallest absolute Gasteiger partial charge is 0.233 e. The van der Waals surface area contributed by atoms with Crippen molar-refractivity contribution >= 4 is 46.5 Å². The van der Waals surface area contributed by atoms with Crippen LogP contribution in [0.5, 0.6) is 0 Å². The summed E-state index contributed by atoms with van der Waals surface area (Å²) in [6.45, 7) is 0.949. The fourth-order valence-electron chi connectivity index (χ4n) is 3.67. The number of nitrogens with one attached hydrogen (secondary N) is 1. The highest BCUT2D eigenvalue weighted by Crippen LogP contribution is 2.26. The van der Waals surface area contributed by atoms with E-state index in [1.807, 2.05) is 18.3 Å². The Morgan fingerprint density at radius 3 is 2.33 bits per heavy atom. The van der Waals surface area contributed by atoms with Crippen LogP contribution in [0, 0.1) is 16.9 Å². The molecule has 0 aliphatic carbocycles. The fraction of sp³-hybridized carbons (Fsp3) is 0.238. The summed E-state index contributed by atoms with van der Waals surface area (Å²) in [7, 11) is 0. The number of halogens is 2. The Morgan fingerprint density at radius 1 is 1.13 bits per heavy atom. The number of hydrogen-bond acceptors (Lipinski definition) is 4. The first-order valence-electron chi connectivity index (χ1n) is 9.43. The molecule has 1 unspecified atom stereocenters. The number of hydrazone groups is 1. The Balaban J connectivity index is 1.66. The van der Waals surface area contributed by atoms with Crippen LogP contribution in [0.3, 0.4) is 0 Å². The summed E-state index contributed by atoms with van der Waals surface area (Å²) in [5.74, 6) is -0.0229. The number of rotatable bonds is 3. The van der Waals surface area contributed by atoms with E-state index in [0.29, 0.717) is 41.0 Å². The summed E-state index contributed by atoms with van der Waals surface area (Å²) in [5, 5.41) is 25.5. The maximum atomic E-state index is 12.4. The standard InChI is InChI=1S/C21H18Cl2N6O/c22-15-5-3-14(4-6-15)20-18(27-11-1-2-19(27)30)12-29(26-20)21(25)28(13-24)17-9-7-16(23)8-10-17/h3-10,18,25H,1-2,11-12H2. The van der Waals surface area contributed by atoms with E-state index in [4.69, 9.17) is 28.6 Å². The normalized spacial score (nSPS) is 18.4. The lowest BCUT2D eigenvalue weighted by atomic mass is 10.0. The van der Waals surface area contributed by atoms with Crippen LogP contribution in [0.15, 0.2) is 53.6 Å². The Kier molecular flexibility index (Phi) is 5.62. The third-order valence-electron chi connectivity index (χ3n) is 5.16. The Morgan fingerprint density at radius 2 is 1.77 bits per heavy atom. The molecule has 0 aromatic heterocycles. The quantitative estimate of drug-likeness (QED) is 0.339. The van der Waals surface area contributed by atoms with Crippen molar-refractivity contribution in [2.75, 3.05) is 18.0 Å². The average molecular weight is 441 g/mol. The SMILES string of the molecule is N#CN(C(=N)N1CC(N2CCCC2=O)C(c2ccc(Cl)cc2)=N1)c1ccc(Cl)cc1. The largest absolute Gasteiger partial charge is 0.332 e. The highest BCUT2D eigenvalue weighted by molar-refractivity contribution is 6.31. The summed E-state index contributed by atoms with van der Waals surface area (Å²) in [6, 6.07) is 13.6. The molecule has 1 fully saturated rings. The topological polar surface area (TPSA) is 86.8 Å². The van der Waals surface area contributed by atoms with Crippen molar-refractivity contribution in [3.05, 3.63) is 64.1 Å². The number of guanidine groups is 1. The van der Waals surface area contributed by atoms with Crippen molar-refractivity contribution in [1.29, 1.82) is 10.7 Å². The first-order chi connectivity index (χ1) is 14.5. The van der Waals surface area contributed by atoms with Gasteiger partial charge in [-0.2, -0.15) is 10.4 Å². The van der Waals surface area contributed by atoms with Gasteiger partial charge in [0.1, 0.15) is 0 Å². The number of benzene rings is 2. The van der Waals surface area contributed by atoms with Crippen molar-refractivity contribution in [2.45, 2.75) is 18.9 Å². The summed E-state index contributed by atoms with van der Waals surface area (Å²) in [4.78, 5) is 15.4. The molecule has 1 N–H and O–H groups in total. The molecule has 0 saturated carbocycles. The van der Waals surface area contributed by atoms with E-state index in [-0.39, 0.29) is 17.9 Å². The molecule has 0 bridgehead atoms. The second kappa shape index (κ2) is 8.34. The van der Waals surface area contributed by atoms with Gasteiger partial charge in [0.05, 0.1) is 24.0 Å². The molecule has 2 heterocycles. The Labute approximate surface area is 184 Å². The van der Waals surface area contributed by atoms with E-state index in [0.717, 1.165) is 12.0 Å². The first kappa shape index (κ1) is 20.2. The second-order valence-corrected chi connectivity index (χ2v) is 7.89. The molecule has 2 aliphatic heterocycles. The molecule has 1 saturated heterocycles. The summed E-state index contributed by atoms with van der Waals surface area (Å²) in [5.41, 5.74) is 2.02. The summed E-state index contributed by atoms with van der Waals surface area (Å²) in [6.07, 6.45) is 3.34. The molecular weight excluding hydrogens is 423 g/mol. The van der Waals surface area contributed by atoms with Gasteiger partial charge in [-0.15, -0.1) is 0 Å². The monoisotopic (exact) mass is 440 g/mol. The minimum Gasteiger partial charge on any atom is -0.332 e. The zero-order valence-electron chi connectivity index (χ0n) is 15.9. The van der Waals surface area contributed by atoms with E-state index >= 15 is 0 Å². The van der Waals surface area contributed by atoms with Crippen molar-refractivity contribution in [3.8, 4) is 6.19 Å². The fourth-order valence-corrected chi connectivity index (χ4v) is 3.92. The third-order valence-corrected chi connectivity index (χ3v) is 5.66. The molecule has 1 amide bonds. The molecule has 4 rings (SSSR count). The van der Waals surface area contributed by atoms with Gasteiger partial charge in [-0.3, -0.25) is 10.2 Å². The average Bonchev–Trinajstić information content (AvgIpc) is 3.36. The molecule has 2 aliphatic rings. The molecule has 30 heavy (non-hydrogen) atoms. The lowest BCUT2D eigenvalue weighted by Gasteiger charge is -2.27. The number of anilines is 1. The van der Waals surface area contributed by atoms with E-state index < -0.39 is 0 Å². The molecule has 0 spiro atoms. The summed E-state index contributed by atoms with van der Waals surface area (Å²) < 4.78 is 0. The van der Waals surface area contributed by atoms with Crippen molar-refractivity contribution in [1.82, 2.24) is 9.91 Å². The van der Waals surface area contributed by atoms with Crippen LogP contribution in [-0.4, -0.2) is 46.6 Å². The number of amides is 1. The van der Waals surface area contributed by atoms with Gasteiger partial charge < -0.3 is 4.90 Å². The maximum Gasteiger partial charge on any atom is 0.233 e. The maximum absolute atomic E-state index is 12.4. The van der Waals surface area contributed by atoms with Crippen molar-refractivity contribution in [2.24, 2.45) is 5.10 Å². The van der Waals surface area contributed by atoms with E-state index in [2.05, 4.69) is 5.10 Å². The predicted molar refractivity (Wildman–Crippen MR) is 117 cm³/mol. The minimum absolute atomic E-state index is 0.0740. The van der Waals surface area contributed by atoms with Gasteiger partial charge in [-0.1, -0.05) is 35.3 Å². The lowest BCUT2D eigenvalue weighted by molar-refractivity contribution is -0.128. The van der Waals surface area contributed by atoms with Gasteiger partial charge in [-0.05, 0) is 42.8 Å². The van der Waals surface area contributed by atoms with Crippen LogP contribution >= 0.6 is 23.2 Å². The van der Waals surface area contributed by atoms with Crippen LogP contribution in [0.25, 0.3) is 0 Å². The van der Waals surface area contributed by atoms with Crippen LogP contribution in [0.4, 0.5) is 5.69 Å². The molecule has 0 radical (unpaired) electrons. The number of nitrogens with zero attached hydrogens (tertiary/aromatic N) is 5. The van der Waals surface area contributed by atoms with Crippen LogP contribution in [0.2, 0.25) is 10.0 Å². The predicted octanol–water partition coefficient (Wildman–Crippen LogP) is 3.93. The minimum atomic E-state index is -0.299. The van der Waals surface area contributed by atoms with Gasteiger partial charge in [-0.25, -0.2) is 9.91 Å². The van der Waals surface area contributed by atoms with Gasteiger partial charge in [0.15, 0.2) is 6.19 Å². The number of hydrogen-bond donors (Lipinski definition) is 1. The van der Waals surface area contributed by atoms with Gasteiger partial charge in [0.2, 0.25) is 11.9 Å². The Hall–Kier alpha value is -3.08. The first-order valence-corrected chi connectivity index (χ1v) is 10.2. The summed E-state index contributed by atoms with van der Waals surface area (Å²) >= 11 is 12.0. The zero-order valence-corrected chi connectivity index (χ0v) is 17.4. The number of nitriles is 1. The Bertz CT molecular complexity index is 1040. The molecule has 7 nitrogen and oxygen atoms in total. The van der Waals surface area contributed by atoms with E-state index in [1.54, 1.807) is 41.3 Å².